The van der Waals surface area contributed by atoms with Crippen LogP contribution in [-0.4, -0.2) is 59.9 Å². The molecule has 0 bridgehead atoms. The summed E-state index contributed by atoms with van der Waals surface area (Å²) in [5.74, 6) is -4.01. The Labute approximate surface area is 292 Å². The number of hydrazine groups is 1. The van der Waals surface area contributed by atoms with Crippen molar-refractivity contribution in [2.24, 2.45) is 29.6 Å². The molecule has 2 N–H and O–H groups in total. The molecule has 2 saturated heterocycles. The minimum atomic E-state index is -1.46. The highest BCUT2D eigenvalue weighted by atomic mass is 35.5. The molecule has 6 atom stereocenters. The SMILES string of the molecule is COc1ccc(C23C(=O)N(Nc4ccc(Cl)cc4Cl)C(=O)C2CC2C(=CCC4C(=O)N(C)C(=O)C42)C3C=Cc2ccc(O)c(OC)c2)cc1. The molecule has 3 aromatic carbocycles. The summed E-state index contributed by atoms with van der Waals surface area (Å²) in [6, 6.07) is 16.7. The molecular formula is C37H33Cl2N3O7. The third kappa shape index (κ3) is 4.99. The van der Waals surface area contributed by atoms with Crippen LogP contribution >= 0.6 is 23.2 Å². The van der Waals surface area contributed by atoms with Crippen LogP contribution in [0, 0.1) is 29.6 Å². The summed E-state index contributed by atoms with van der Waals surface area (Å²) in [5.41, 5.74) is 3.92. The largest absolute Gasteiger partial charge is 0.504 e. The Bertz CT molecular complexity index is 1960. The summed E-state index contributed by atoms with van der Waals surface area (Å²) in [5, 5.41) is 11.9. The van der Waals surface area contributed by atoms with Gasteiger partial charge in [-0.1, -0.05) is 65.2 Å². The second-order valence-corrected chi connectivity index (χ2v) is 13.6. The molecule has 1 saturated carbocycles. The zero-order chi connectivity index (χ0) is 34.8. The van der Waals surface area contributed by atoms with E-state index < -0.39 is 46.8 Å². The van der Waals surface area contributed by atoms with Crippen LogP contribution in [0.2, 0.25) is 10.0 Å². The van der Waals surface area contributed by atoms with Crippen LogP contribution in [0.25, 0.3) is 6.08 Å². The van der Waals surface area contributed by atoms with Gasteiger partial charge < -0.3 is 14.6 Å². The minimum absolute atomic E-state index is 0.0270. The zero-order valence-corrected chi connectivity index (χ0v) is 28.4. The van der Waals surface area contributed by atoms with Gasteiger partial charge in [0.25, 0.3) is 11.8 Å². The van der Waals surface area contributed by atoms with Crippen molar-refractivity contribution in [1.82, 2.24) is 9.91 Å². The van der Waals surface area contributed by atoms with E-state index >= 15 is 4.79 Å². The standard InChI is InChI=1S/C37H33Cl2N3O7/c1-41-33(44)24-12-11-23-25(32(24)35(41)46)18-27-34(45)42(40-29-14-8-21(38)17-28(29)39)36(47)37(27,20-6-9-22(48-2)10-7-20)26(23)13-4-19-5-15-30(43)31(16-19)49-3/h4-11,13-17,24-27,32,40,43H,12,18H2,1-3H3. The molecule has 0 radical (unpaired) electrons. The van der Waals surface area contributed by atoms with E-state index in [2.05, 4.69) is 5.43 Å². The summed E-state index contributed by atoms with van der Waals surface area (Å²) in [6.07, 6.45) is 6.18. The number of anilines is 1. The topological polar surface area (TPSA) is 125 Å². The number of phenolic OH excluding ortho intramolecular Hbond substituents is 1. The van der Waals surface area contributed by atoms with Gasteiger partial charge in [-0.05, 0) is 72.4 Å². The second kappa shape index (κ2) is 12.3. The second-order valence-electron chi connectivity index (χ2n) is 12.8. The fourth-order valence-electron chi connectivity index (χ4n) is 8.25. The van der Waals surface area contributed by atoms with Gasteiger partial charge in [-0.25, -0.2) is 0 Å². The maximum absolute atomic E-state index is 15.1. The molecule has 3 fully saturated rings. The van der Waals surface area contributed by atoms with Crippen molar-refractivity contribution in [2.75, 3.05) is 26.7 Å². The quantitative estimate of drug-likeness (QED) is 0.231. The molecule has 2 aliphatic carbocycles. The smallest absolute Gasteiger partial charge is 0.260 e. The predicted octanol–water partition coefficient (Wildman–Crippen LogP) is 5.88. The number of ether oxygens (including phenoxy) is 2. The van der Waals surface area contributed by atoms with Crippen LogP contribution in [0.1, 0.15) is 24.0 Å². The van der Waals surface area contributed by atoms with E-state index in [4.69, 9.17) is 32.7 Å². The number of fused-ring (bicyclic) bond motifs is 4. The molecule has 6 unspecified atom stereocenters. The number of likely N-dealkylation sites (tertiary alicyclic amines) is 1. The molecule has 2 aliphatic heterocycles. The first-order chi connectivity index (χ1) is 23.5. The monoisotopic (exact) mass is 701 g/mol. The van der Waals surface area contributed by atoms with Crippen LogP contribution in [0.4, 0.5) is 5.69 Å². The van der Waals surface area contributed by atoms with Crippen molar-refractivity contribution in [3.8, 4) is 17.2 Å². The van der Waals surface area contributed by atoms with E-state index in [-0.39, 0.29) is 34.8 Å². The fourth-order valence-corrected chi connectivity index (χ4v) is 8.70. The summed E-state index contributed by atoms with van der Waals surface area (Å²) >= 11 is 12.6. The van der Waals surface area contributed by atoms with Gasteiger partial charge in [-0.15, -0.1) is 0 Å². The number of carbonyl (C=O) groups excluding carboxylic acids is 4. The first kappa shape index (κ1) is 32.7. The van der Waals surface area contributed by atoms with Crippen molar-refractivity contribution in [3.05, 3.63) is 99.6 Å². The summed E-state index contributed by atoms with van der Waals surface area (Å²) in [7, 11) is 4.49. The molecule has 12 heteroatoms. The first-order valence-corrected chi connectivity index (χ1v) is 16.6. The van der Waals surface area contributed by atoms with Gasteiger partial charge in [0, 0.05) is 18.0 Å². The maximum Gasteiger partial charge on any atom is 0.260 e. The molecule has 4 aliphatic rings. The van der Waals surface area contributed by atoms with Gasteiger partial charge in [0.2, 0.25) is 11.8 Å². The number of nitrogens with zero attached hydrogens (tertiary/aromatic N) is 2. The normalized spacial score (nSPS) is 27.6. The lowest BCUT2D eigenvalue weighted by Crippen LogP contribution is -2.54. The van der Waals surface area contributed by atoms with Crippen LogP contribution in [0.15, 0.2) is 78.4 Å². The average molecular weight is 703 g/mol. The van der Waals surface area contributed by atoms with Crippen molar-refractivity contribution in [2.45, 2.75) is 18.3 Å². The highest BCUT2D eigenvalue weighted by molar-refractivity contribution is 6.36. The lowest BCUT2D eigenvalue weighted by atomic mass is 9.50. The van der Waals surface area contributed by atoms with Crippen LogP contribution < -0.4 is 14.9 Å². The highest BCUT2D eigenvalue weighted by Gasteiger charge is 2.69. The Hall–Kier alpha value is -4.80. The Balaban J connectivity index is 1.44. The first-order valence-electron chi connectivity index (χ1n) is 15.8. The molecule has 252 valence electrons. The van der Waals surface area contributed by atoms with Crippen molar-refractivity contribution < 1.29 is 33.8 Å². The van der Waals surface area contributed by atoms with E-state index in [0.29, 0.717) is 34.0 Å². The Morgan fingerprint density at radius 1 is 0.918 bits per heavy atom. The number of imide groups is 2. The number of benzene rings is 3. The van der Waals surface area contributed by atoms with Crippen LogP contribution in [0.5, 0.6) is 17.2 Å². The Kier molecular flexibility index (Phi) is 8.19. The predicted molar refractivity (Wildman–Crippen MR) is 183 cm³/mol. The van der Waals surface area contributed by atoms with Crippen LogP contribution in [0.3, 0.4) is 0 Å². The molecule has 4 amide bonds. The minimum Gasteiger partial charge on any atom is -0.504 e. The highest BCUT2D eigenvalue weighted by Crippen LogP contribution is 2.61. The van der Waals surface area contributed by atoms with Crippen molar-refractivity contribution in [1.29, 1.82) is 0 Å². The van der Waals surface area contributed by atoms with Gasteiger partial charge in [0.1, 0.15) is 5.75 Å². The van der Waals surface area contributed by atoms with Gasteiger partial charge >= 0.3 is 0 Å². The number of methoxy groups -OCH3 is 2. The molecular weight excluding hydrogens is 669 g/mol. The fraction of sp³-hybridized carbons (Fsp3) is 0.297. The van der Waals surface area contributed by atoms with E-state index in [9.17, 15) is 19.5 Å². The van der Waals surface area contributed by atoms with Gasteiger partial charge in [-0.2, -0.15) is 5.01 Å². The van der Waals surface area contributed by atoms with E-state index in [1.54, 1.807) is 55.6 Å². The van der Waals surface area contributed by atoms with E-state index in [0.717, 1.165) is 10.6 Å². The average Bonchev–Trinajstić information content (AvgIpc) is 3.45. The van der Waals surface area contributed by atoms with Gasteiger partial charge in [0.05, 0.1) is 48.1 Å². The van der Waals surface area contributed by atoms with Gasteiger partial charge in [-0.3, -0.25) is 29.5 Å². The van der Waals surface area contributed by atoms with Gasteiger partial charge in [0.15, 0.2) is 11.5 Å². The molecule has 49 heavy (non-hydrogen) atoms. The summed E-state index contributed by atoms with van der Waals surface area (Å²) in [6.45, 7) is 0. The summed E-state index contributed by atoms with van der Waals surface area (Å²) < 4.78 is 10.8. The molecule has 3 aromatic rings. The van der Waals surface area contributed by atoms with E-state index in [1.165, 1.54) is 31.2 Å². The number of phenols is 1. The number of carbonyl (C=O) groups is 4. The molecule has 10 nitrogen and oxygen atoms in total. The number of nitrogens with one attached hydrogen (secondary N) is 1. The number of aromatic hydroxyl groups is 1. The number of allylic oxidation sites excluding steroid dienone is 3. The third-order valence-corrected chi connectivity index (χ3v) is 11.1. The maximum atomic E-state index is 15.1. The molecule has 7 rings (SSSR count). The molecule has 2 heterocycles. The number of hydrogen-bond acceptors (Lipinski definition) is 8. The number of amides is 4. The van der Waals surface area contributed by atoms with Crippen LogP contribution in [-0.2, 0) is 24.6 Å². The Morgan fingerprint density at radius 2 is 1.67 bits per heavy atom. The lowest BCUT2D eigenvalue weighted by molar-refractivity contribution is -0.140. The number of hydrogen-bond donors (Lipinski definition) is 2. The third-order valence-electron chi connectivity index (χ3n) is 10.5. The number of rotatable bonds is 7. The zero-order valence-electron chi connectivity index (χ0n) is 26.9. The van der Waals surface area contributed by atoms with E-state index in [1.807, 2.05) is 18.2 Å². The lowest BCUT2D eigenvalue weighted by Gasteiger charge is -2.49. The molecule has 0 spiro atoms. The summed E-state index contributed by atoms with van der Waals surface area (Å²) in [4.78, 5) is 57.8. The van der Waals surface area contributed by atoms with Crippen molar-refractivity contribution >= 4 is 58.6 Å². The Morgan fingerprint density at radius 3 is 2.37 bits per heavy atom. The molecule has 0 aromatic heterocycles. The van der Waals surface area contributed by atoms with Crippen molar-refractivity contribution in [3.63, 3.8) is 0 Å². The number of halogens is 2.